The van der Waals surface area contributed by atoms with Crippen LogP contribution >= 0.6 is 24.4 Å². The minimum Gasteiger partial charge on any atom is -0.350 e. The second kappa shape index (κ2) is 3.64. The second-order valence-electron chi connectivity index (χ2n) is 1.98. The standard InChI is InChI=1S/C6H6ClN3OS/c7-4-1-2-5(9-3-4)10(12)6(8)11/h1-3,12H,(H2,8,11). The topological polar surface area (TPSA) is 59.2 Å². The molecule has 0 unspecified atom stereocenters. The molecular formula is C6H6ClN3OS. The van der Waals surface area contributed by atoms with Gasteiger partial charge in [0, 0.05) is 6.20 Å². The minimum atomic E-state index is -0.687. The van der Waals surface area contributed by atoms with Crippen LogP contribution in [-0.2, 0) is 0 Å². The van der Waals surface area contributed by atoms with Crippen LogP contribution in [0.3, 0.4) is 0 Å². The number of hydrogen-bond donors (Lipinski definition) is 2. The lowest BCUT2D eigenvalue weighted by Crippen LogP contribution is -2.27. The first kappa shape index (κ1) is 9.15. The number of pyridine rings is 1. The fourth-order valence-corrected chi connectivity index (χ4v) is 0.836. The first-order chi connectivity index (χ1) is 5.61. The number of halogens is 1. The molecule has 0 spiro atoms. The van der Waals surface area contributed by atoms with Gasteiger partial charge in [-0.15, -0.1) is 0 Å². The molecule has 2 N–H and O–H groups in total. The number of nitrogens with two attached hydrogens (primary N) is 1. The number of primary amides is 1. The van der Waals surface area contributed by atoms with Gasteiger partial charge in [-0.3, -0.25) is 0 Å². The van der Waals surface area contributed by atoms with Gasteiger partial charge in [0.2, 0.25) is 0 Å². The minimum absolute atomic E-state index is 0.343. The Labute approximate surface area is 79.9 Å². The van der Waals surface area contributed by atoms with E-state index in [0.717, 1.165) is 4.31 Å². The lowest BCUT2D eigenvalue weighted by atomic mass is 10.4. The van der Waals surface area contributed by atoms with Crippen LogP contribution in [0.1, 0.15) is 0 Å². The molecule has 1 rings (SSSR count). The lowest BCUT2D eigenvalue weighted by Gasteiger charge is -2.10. The van der Waals surface area contributed by atoms with Crippen LogP contribution in [0.15, 0.2) is 18.3 Å². The Bertz CT molecular complexity index is 289. The highest BCUT2D eigenvalue weighted by molar-refractivity contribution is 7.82. The Hall–Kier alpha value is -0.940. The van der Waals surface area contributed by atoms with Crippen LogP contribution in [0.5, 0.6) is 0 Å². The number of hydrogen-bond acceptors (Lipinski definition) is 3. The van der Waals surface area contributed by atoms with Gasteiger partial charge in [0.25, 0.3) is 0 Å². The van der Waals surface area contributed by atoms with Crippen LogP contribution in [0, 0.1) is 0 Å². The Morgan fingerprint density at radius 3 is 2.75 bits per heavy atom. The average Bonchev–Trinajstić information content (AvgIpc) is 2.04. The van der Waals surface area contributed by atoms with E-state index in [4.69, 9.17) is 17.3 Å². The number of carbonyl (C=O) groups excluding carboxylic acids is 1. The van der Waals surface area contributed by atoms with Crippen molar-refractivity contribution in [3.05, 3.63) is 23.4 Å². The van der Waals surface area contributed by atoms with E-state index in [0.29, 0.717) is 10.8 Å². The van der Waals surface area contributed by atoms with Crippen LogP contribution < -0.4 is 10.0 Å². The summed E-state index contributed by atoms with van der Waals surface area (Å²) in [6.45, 7) is 0. The van der Waals surface area contributed by atoms with Crippen LogP contribution in [-0.4, -0.2) is 11.0 Å². The van der Waals surface area contributed by atoms with E-state index in [1.165, 1.54) is 6.20 Å². The molecular weight excluding hydrogens is 198 g/mol. The number of carbonyl (C=O) groups is 1. The third kappa shape index (κ3) is 2.02. The normalized spacial score (nSPS) is 9.50. The molecule has 0 saturated heterocycles. The number of rotatable bonds is 1. The number of urea groups is 1. The second-order valence-corrected chi connectivity index (χ2v) is 2.82. The smallest absolute Gasteiger partial charge is 0.330 e. The van der Waals surface area contributed by atoms with Crippen molar-refractivity contribution >= 4 is 36.3 Å². The zero-order valence-electron chi connectivity index (χ0n) is 5.94. The summed E-state index contributed by atoms with van der Waals surface area (Å²) >= 11 is 9.38. The molecule has 1 aromatic heterocycles. The van der Waals surface area contributed by atoms with Gasteiger partial charge in [0.15, 0.2) is 0 Å². The van der Waals surface area contributed by atoms with Crippen molar-refractivity contribution in [2.45, 2.75) is 0 Å². The number of amides is 2. The monoisotopic (exact) mass is 203 g/mol. The van der Waals surface area contributed by atoms with Crippen LogP contribution in [0.25, 0.3) is 0 Å². The van der Waals surface area contributed by atoms with E-state index in [1.807, 2.05) is 0 Å². The predicted molar refractivity (Wildman–Crippen MR) is 50.3 cm³/mol. The van der Waals surface area contributed by atoms with Crippen molar-refractivity contribution in [3.63, 3.8) is 0 Å². The van der Waals surface area contributed by atoms with E-state index in [-0.39, 0.29) is 0 Å². The highest BCUT2D eigenvalue weighted by Crippen LogP contribution is 2.14. The fraction of sp³-hybridized carbons (Fsp3) is 0. The highest BCUT2D eigenvalue weighted by atomic mass is 35.5. The average molecular weight is 204 g/mol. The highest BCUT2D eigenvalue weighted by Gasteiger charge is 2.07. The molecule has 0 aliphatic heterocycles. The Morgan fingerprint density at radius 1 is 1.67 bits per heavy atom. The molecule has 6 heteroatoms. The number of anilines is 1. The number of nitrogens with zero attached hydrogens (tertiary/aromatic N) is 2. The van der Waals surface area contributed by atoms with E-state index in [9.17, 15) is 4.79 Å². The molecule has 0 aromatic carbocycles. The number of thiol groups is 1. The maximum absolute atomic E-state index is 10.6. The Morgan fingerprint density at radius 2 is 2.33 bits per heavy atom. The van der Waals surface area contributed by atoms with Gasteiger partial charge in [-0.1, -0.05) is 24.4 Å². The van der Waals surface area contributed by atoms with Gasteiger partial charge in [0.05, 0.1) is 5.02 Å². The molecule has 0 aliphatic carbocycles. The van der Waals surface area contributed by atoms with Crippen LogP contribution in [0.4, 0.5) is 10.6 Å². The molecule has 4 nitrogen and oxygen atoms in total. The summed E-state index contributed by atoms with van der Waals surface area (Å²) < 4.78 is 0.927. The van der Waals surface area contributed by atoms with Gasteiger partial charge >= 0.3 is 6.03 Å². The van der Waals surface area contributed by atoms with Crippen molar-refractivity contribution in [1.82, 2.24) is 4.98 Å². The summed E-state index contributed by atoms with van der Waals surface area (Å²) in [7, 11) is 0. The van der Waals surface area contributed by atoms with E-state index in [1.54, 1.807) is 12.1 Å². The quantitative estimate of drug-likeness (QED) is 0.679. The number of aromatic nitrogens is 1. The van der Waals surface area contributed by atoms with Gasteiger partial charge < -0.3 is 5.73 Å². The molecule has 1 heterocycles. The molecule has 12 heavy (non-hydrogen) atoms. The molecule has 64 valence electrons. The SMILES string of the molecule is NC(=O)N(S)c1ccc(Cl)cn1. The first-order valence-corrected chi connectivity index (χ1v) is 3.79. The molecule has 0 bridgehead atoms. The summed E-state index contributed by atoms with van der Waals surface area (Å²) in [6, 6.07) is 2.45. The zero-order chi connectivity index (χ0) is 9.14. The maximum atomic E-state index is 10.6. The predicted octanol–water partition coefficient (Wildman–Crippen LogP) is 1.46. The first-order valence-electron chi connectivity index (χ1n) is 3.01. The van der Waals surface area contributed by atoms with Crippen molar-refractivity contribution in [3.8, 4) is 0 Å². The van der Waals surface area contributed by atoms with Crippen molar-refractivity contribution in [2.24, 2.45) is 5.73 Å². The van der Waals surface area contributed by atoms with Crippen molar-refractivity contribution in [2.75, 3.05) is 4.31 Å². The maximum Gasteiger partial charge on any atom is 0.330 e. The molecule has 0 saturated carbocycles. The Balaban J connectivity index is 2.89. The summed E-state index contributed by atoms with van der Waals surface area (Å²) in [5, 5.41) is 0.491. The van der Waals surface area contributed by atoms with Gasteiger partial charge in [0.1, 0.15) is 5.82 Å². The zero-order valence-corrected chi connectivity index (χ0v) is 7.59. The van der Waals surface area contributed by atoms with Gasteiger partial charge in [-0.2, -0.15) is 0 Å². The van der Waals surface area contributed by atoms with Gasteiger partial charge in [-0.05, 0) is 12.1 Å². The summed E-state index contributed by atoms with van der Waals surface area (Å²) in [6.07, 6.45) is 1.41. The third-order valence-corrected chi connectivity index (χ3v) is 1.76. The summed E-state index contributed by atoms with van der Waals surface area (Å²) in [5.41, 5.74) is 4.94. The molecule has 2 amide bonds. The lowest BCUT2D eigenvalue weighted by molar-refractivity contribution is 0.257. The summed E-state index contributed by atoms with van der Waals surface area (Å²) in [5.74, 6) is 0.343. The molecule has 0 aliphatic rings. The largest absolute Gasteiger partial charge is 0.350 e. The summed E-state index contributed by atoms with van der Waals surface area (Å²) in [4.78, 5) is 14.4. The van der Waals surface area contributed by atoms with E-state index >= 15 is 0 Å². The molecule has 0 radical (unpaired) electrons. The van der Waals surface area contributed by atoms with Crippen LogP contribution in [0.2, 0.25) is 5.02 Å². The fourth-order valence-electron chi connectivity index (χ4n) is 0.606. The molecule has 0 atom stereocenters. The van der Waals surface area contributed by atoms with E-state index in [2.05, 4.69) is 17.8 Å². The van der Waals surface area contributed by atoms with Crippen molar-refractivity contribution in [1.29, 1.82) is 0 Å². The van der Waals surface area contributed by atoms with Crippen molar-refractivity contribution < 1.29 is 4.79 Å². The Kier molecular flexibility index (Phi) is 2.78. The van der Waals surface area contributed by atoms with Gasteiger partial charge in [-0.25, -0.2) is 14.1 Å². The molecule has 0 fully saturated rings. The third-order valence-electron chi connectivity index (χ3n) is 1.14. The van der Waals surface area contributed by atoms with E-state index < -0.39 is 6.03 Å². The molecule has 1 aromatic rings.